The number of amidine groups is 1. The summed E-state index contributed by atoms with van der Waals surface area (Å²) in [6.45, 7) is 4.36. The zero-order valence-electron chi connectivity index (χ0n) is 20.0. The van der Waals surface area contributed by atoms with Crippen molar-refractivity contribution in [2.24, 2.45) is 10.7 Å². The molecule has 0 fully saturated rings. The van der Waals surface area contributed by atoms with Gasteiger partial charge in [-0.2, -0.15) is 21.2 Å². The lowest BCUT2D eigenvalue weighted by atomic mass is 10.1. The Kier molecular flexibility index (Phi) is 7.11. The van der Waals surface area contributed by atoms with E-state index in [2.05, 4.69) is 19.9 Å². The summed E-state index contributed by atoms with van der Waals surface area (Å²) in [6, 6.07) is 6.10. The van der Waals surface area contributed by atoms with Gasteiger partial charge in [-0.15, -0.1) is 0 Å². The van der Waals surface area contributed by atoms with Gasteiger partial charge in [-0.3, -0.25) is 14.1 Å². The zero-order chi connectivity index (χ0) is 26.3. The second-order valence-corrected chi connectivity index (χ2v) is 13.3. The fraction of sp³-hybridized carbons (Fsp3) is 0.318. The summed E-state index contributed by atoms with van der Waals surface area (Å²) in [5.41, 5.74) is 0.517. The molecule has 1 atom stereocenters. The Labute approximate surface area is 212 Å². The Bertz CT molecular complexity index is 1550. The predicted molar refractivity (Wildman–Crippen MR) is 142 cm³/mol. The first kappa shape index (κ1) is 26.1. The Balaban J connectivity index is 1.89. The van der Waals surface area contributed by atoms with E-state index in [9.17, 15) is 22.9 Å². The molecular formula is C22H26N5O6PS2. The Hall–Kier alpha value is -2.99. The standard InChI is InChI=1S/C22H26N5O6PS2/c1-13(2)7-9-27-22(29)18(20(28)19(24-27)14-8-10-35-12-14)21-23-16-6-5-15(26-36(4,31)32)11-17(16)34(30,25-21)33-3/h5-6,8,10-13,26,28H,7,9H2,1-4H3,(H,23,25,30). The first-order valence-corrected chi connectivity index (χ1v) is 15.4. The number of fused-ring (bicyclic) bond motifs is 1. The van der Waals surface area contributed by atoms with Crippen LogP contribution in [0.2, 0.25) is 0 Å². The van der Waals surface area contributed by atoms with Gasteiger partial charge in [0.2, 0.25) is 10.0 Å². The lowest BCUT2D eigenvalue weighted by Crippen LogP contribution is -2.35. The Morgan fingerprint density at radius 2 is 2.06 bits per heavy atom. The number of thiophene rings is 1. The monoisotopic (exact) mass is 551 g/mol. The average molecular weight is 552 g/mol. The normalized spacial score (nSPS) is 17.4. The smallest absolute Gasteiger partial charge is 0.348 e. The molecule has 0 bridgehead atoms. The van der Waals surface area contributed by atoms with E-state index in [4.69, 9.17) is 4.52 Å². The highest BCUT2D eigenvalue weighted by atomic mass is 32.2. The van der Waals surface area contributed by atoms with Gasteiger partial charge in [0.25, 0.3) is 5.56 Å². The van der Waals surface area contributed by atoms with E-state index < -0.39 is 28.9 Å². The van der Waals surface area contributed by atoms with Crippen molar-refractivity contribution in [2.75, 3.05) is 23.4 Å². The lowest BCUT2D eigenvalue weighted by molar-refractivity contribution is 0.404. The number of hydrogen-bond donors (Lipinski definition) is 3. The van der Waals surface area contributed by atoms with Crippen molar-refractivity contribution < 1.29 is 22.6 Å². The molecule has 0 saturated heterocycles. The van der Waals surface area contributed by atoms with E-state index in [1.54, 1.807) is 11.4 Å². The van der Waals surface area contributed by atoms with Crippen LogP contribution in [0.4, 0.5) is 11.4 Å². The number of aromatic hydroxyl groups is 1. The van der Waals surface area contributed by atoms with Crippen LogP contribution >= 0.6 is 18.9 Å². The molecule has 0 radical (unpaired) electrons. The van der Waals surface area contributed by atoms with Crippen molar-refractivity contribution in [1.29, 1.82) is 0 Å². The van der Waals surface area contributed by atoms with Crippen molar-refractivity contribution in [3.63, 3.8) is 0 Å². The van der Waals surface area contributed by atoms with Gasteiger partial charge in [0.15, 0.2) is 11.6 Å². The molecule has 1 aliphatic rings. The molecule has 0 aliphatic carbocycles. The summed E-state index contributed by atoms with van der Waals surface area (Å²) in [5.74, 6) is -0.218. The van der Waals surface area contributed by atoms with Crippen molar-refractivity contribution in [3.05, 3.63) is 50.9 Å². The predicted octanol–water partition coefficient (Wildman–Crippen LogP) is 3.43. The van der Waals surface area contributed by atoms with E-state index in [0.29, 0.717) is 30.1 Å². The number of sulfonamides is 1. The van der Waals surface area contributed by atoms with Gasteiger partial charge in [0, 0.05) is 30.3 Å². The van der Waals surface area contributed by atoms with E-state index in [0.717, 1.165) is 6.26 Å². The number of aryl methyl sites for hydroxylation is 1. The Morgan fingerprint density at radius 1 is 1.31 bits per heavy atom. The van der Waals surface area contributed by atoms with Crippen LogP contribution < -0.4 is 20.9 Å². The van der Waals surface area contributed by atoms with Crippen LogP contribution in [0, 0.1) is 5.92 Å². The summed E-state index contributed by atoms with van der Waals surface area (Å²) in [6.07, 6.45) is 1.67. The molecule has 1 unspecified atom stereocenters. The van der Waals surface area contributed by atoms with E-state index in [-0.39, 0.29) is 28.1 Å². The van der Waals surface area contributed by atoms with Gasteiger partial charge >= 0.3 is 7.52 Å². The molecule has 3 heterocycles. The zero-order valence-corrected chi connectivity index (χ0v) is 22.6. The first-order valence-electron chi connectivity index (χ1n) is 10.9. The van der Waals surface area contributed by atoms with Gasteiger partial charge in [-0.1, -0.05) is 13.8 Å². The van der Waals surface area contributed by atoms with E-state index in [1.807, 2.05) is 19.2 Å². The highest BCUT2D eigenvalue weighted by Gasteiger charge is 2.36. The number of nitrogens with zero attached hydrogens (tertiary/aromatic N) is 3. The van der Waals surface area contributed by atoms with Crippen molar-refractivity contribution >= 4 is 51.4 Å². The fourth-order valence-corrected chi connectivity index (χ4v) is 6.37. The molecule has 11 nitrogen and oxygen atoms in total. The minimum atomic E-state index is -3.95. The third kappa shape index (κ3) is 5.24. The SMILES string of the molecule is COP1(=O)N=C(c2c(O)c(-c3ccsc3)nn(CCC(C)C)c2=O)Nc2ccc(NS(C)(=O)=O)cc21. The number of rotatable bonds is 8. The number of benzene rings is 1. The lowest BCUT2D eigenvalue weighted by Gasteiger charge is -2.25. The topological polar surface area (TPSA) is 152 Å². The number of hydrogen-bond acceptors (Lipinski definition) is 9. The second-order valence-electron chi connectivity index (χ2n) is 8.68. The van der Waals surface area contributed by atoms with Gasteiger partial charge in [-0.05, 0) is 42.0 Å². The summed E-state index contributed by atoms with van der Waals surface area (Å²) < 4.78 is 50.1. The number of aromatic nitrogens is 2. The molecule has 0 saturated carbocycles. The third-order valence-corrected chi connectivity index (χ3v) is 8.64. The number of nitrogens with one attached hydrogen (secondary N) is 2. The van der Waals surface area contributed by atoms with E-state index in [1.165, 1.54) is 41.3 Å². The molecule has 36 heavy (non-hydrogen) atoms. The Morgan fingerprint density at radius 3 is 2.67 bits per heavy atom. The first-order chi connectivity index (χ1) is 16.9. The number of anilines is 2. The maximum absolute atomic E-state index is 13.7. The van der Waals surface area contributed by atoms with Gasteiger partial charge in [-0.25, -0.2) is 13.1 Å². The third-order valence-electron chi connectivity index (χ3n) is 5.42. The molecule has 3 aromatic rings. The van der Waals surface area contributed by atoms with Gasteiger partial charge in [0.05, 0.1) is 17.2 Å². The quantitative estimate of drug-likeness (QED) is 0.360. The molecule has 4 rings (SSSR count). The van der Waals surface area contributed by atoms with Crippen LogP contribution in [0.15, 0.2) is 44.6 Å². The summed E-state index contributed by atoms with van der Waals surface area (Å²) in [5, 5.41) is 22.3. The highest BCUT2D eigenvalue weighted by Crippen LogP contribution is 2.52. The summed E-state index contributed by atoms with van der Waals surface area (Å²) in [4.78, 5) is 13.5. The molecule has 192 valence electrons. The maximum Gasteiger partial charge on any atom is 0.348 e. The summed E-state index contributed by atoms with van der Waals surface area (Å²) in [7, 11) is -6.32. The second kappa shape index (κ2) is 9.81. The average Bonchev–Trinajstić information content (AvgIpc) is 3.32. The molecule has 1 aromatic carbocycles. The molecule has 0 amide bonds. The summed E-state index contributed by atoms with van der Waals surface area (Å²) >= 11 is 1.41. The van der Waals surface area contributed by atoms with Crippen LogP contribution in [0.5, 0.6) is 5.75 Å². The van der Waals surface area contributed by atoms with Crippen LogP contribution in [0.3, 0.4) is 0 Å². The molecule has 14 heteroatoms. The molecule has 3 N–H and O–H groups in total. The fourth-order valence-electron chi connectivity index (χ4n) is 3.64. The minimum absolute atomic E-state index is 0.120. The van der Waals surface area contributed by atoms with Crippen LogP contribution in [0.25, 0.3) is 11.3 Å². The largest absolute Gasteiger partial charge is 0.505 e. The van der Waals surface area contributed by atoms with Crippen LogP contribution in [-0.2, 0) is 25.7 Å². The van der Waals surface area contributed by atoms with Crippen LogP contribution in [0.1, 0.15) is 25.8 Å². The van der Waals surface area contributed by atoms with Crippen LogP contribution in [-0.4, -0.2) is 42.5 Å². The minimum Gasteiger partial charge on any atom is -0.505 e. The highest BCUT2D eigenvalue weighted by molar-refractivity contribution is 7.92. The van der Waals surface area contributed by atoms with Gasteiger partial charge in [0.1, 0.15) is 11.3 Å². The van der Waals surface area contributed by atoms with E-state index >= 15 is 0 Å². The van der Waals surface area contributed by atoms with Gasteiger partial charge < -0.3 is 14.9 Å². The van der Waals surface area contributed by atoms with Crippen molar-refractivity contribution in [1.82, 2.24) is 9.78 Å². The van der Waals surface area contributed by atoms with Crippen molar-refractivity contribution in [2.45, 2.75) is 26.8 Å². The molecule has 0 spiro atoms. The molecule has 2 aromatic heterocycles. The molecular weight excluding hydrogens is 525 g/mol. The maximum atomic E-state index is 13.7. The molecule has 1 aliphatic heterocycles. The van der Waals surface area contributed by atoms with Crippen molar-refractivity contribution in [3.8, 4) is 17.0 Å².